The molecule has 1 aromatic heterocycles. The number of aryl methyl sites for hydroxylation is 2. The summed E-state index contributed by atoms with van der Waals surface area (Å²) in [5.74, 6) is -2.22. The Balaban J connectivity index is 0.000000370. The Morgan fingerprint density at radius 2 is 1.83 bits per heavy atom. The molecule has 0 radical (unpaired) electrons. The van der Waals surface area contributed by atoms with Crippen LogP contribution < -0.4 is 0 Å². The van der Waals surface area contributed by atoms with Crippen molar-refractivity contribution in [3.8, 4) is 0 Å². The second kappa shape index (κ2) is 9.87. The quantitative estimate of drug-likeness (QED) is 0.769. The predicted molar refractivity (Wildman–Crippen MR) is 99.7 cm³/mol. The van der Waals surface area contributed by atoms with Crippen molar-refractivity contribution < 1.29 is 27.5 Å². The number of hydrogen-bond donors (Lipinski definition) is 1. The summed E-state index contributed by atoms with van der Waals surface area (Å²) in [5.41, 5.74) is 3.21. The first-order chi connectivity index (χ1) is 13.6. The molecule has 0 amide bonds. The average Bonchev–Trinajstić information content (AvgIpc) is 2.95. The molecule has 0 spiro atoms. The molecule has 1 aliphatic rings. The largest absolute Gasteiger partial charge is 0.490 e. The van der Waals surface area contributed by atoms with Crippen LogP contribution in [0.5, 0.6) is 0 Å². The lowest BCUT2D eigenvalue weighted by molar-refractivity contribution is -0.192. The molecule has 0 bridgehead atoms. The van der Waals surface area contributed by atoms with Gasteiger partial charge in [0.1, 0.15) is 5.82 Å². The minimum absolute atomic E-state index is 0.0612. The van der Waals surface area contributed by atoms with E-state index >= 15 is 0 Å². The summed E-state index contributed by atoms with van der Waals surface area (Å²) in [6.45, 7) is 5.16. The molecule has 0 saturated carbocycles. The van der Waals surface area contributed by atoms with Crippen molar-refractivity contribution in [1.29, 1.82) is 0 Å². The van der Waals surface area contributed by atoms with E-state index in [-0.39, 0.29) is 5.82 Å². The summed E-state index contributed by atoms with van der Waals surface area (Å²) in [6, 6.07) is 9.32. The molecule has 1 fully saturated rings. The molecule has 0 aliphatic carbocycles. The van der Waals surface area contributed by atoms with Gasteiger partial charge in [-0.1, -0.05) is 18.2 Å². The van der Waals surface area contributed by atoms with Crippen molar-refractivity contribution in [3.05, 3.63) is 53.1 Å². The molecule has 0 atom stereocenters. The van der Waals surface area contributed by atoms with E-state index in [0.29, 0.717) is 5.92 Å². The summed E-state index contributed by atoms with van der Waals surface area (Å²) in [5, 5.41) is 11.7. The molecular formula is C20H25F4N3O2. The zero-order valence-corrected chi connectivity index (χ0v) is 16.4. The van der Waals surface area contributed by atoms with Gasteiger partial charge in [0.2, 0.25) is 0 Å². The predicted octanol–water partition coefficient (Wildman–Crippen LogP) is 3.96. The first kappa shape index (κ1) is 22.9. The number of piperidine rings is 1. The number of carbonyl (C=O) groups is 1. The van der Waals surface area contributed by atoms with Crippen molar-refractivity contribution in [2.45, 2.75) is 38.9 Å². The molecule has 2 aromatic rings. The summed E-state index contributed by atoms with van der Waals surface area (Å²) >= 11 is 0. The molecular weight excluding hydrogens is 390 g/mol. The number of benzene rings is 1. The summed E-state index contributed by atoms with van der Waals surface area (Å²) in [6.07, 6.45) is -1.94. The number of halogens is 4. The fourth-order valence-corrected chi connectivity index (χ4v) is 3.26. The maximum absolute atomic E-state index is 13.7. The lowest BCUT2D eigenvalue weighted by atomic mass is 9.90. The highest BCUT2D eigenvalue weighted by Crippen LogP contribution is 2.23. The van der Waals surface area contributed by atoms with Crippen LogP contribution in [-0.2, 0) is 24.8 Å². The van der Waals surface area contributed by atoms with Crippen molar-refractivity contribution in [1.82, 2.24) is 14.7 Å². The fraction of sp³-hybridized carbons (Fsp3) is 0.500. The minimum Gasteiger partial charge on any atom is -0.475 e. The van der Waals surface area contributed by atoms with Gasteiger partial charge in [0.05, 0.1) is 5.69 Å². The molecule has 0 unspecified atom stereocenters. The van der Waals surface area contributed by atoms with Crippen LogP contribution in [0.2, 0.25) is 0 Å². The van der Waals surface area contributed by atoms with Gasteiger partial charge in [0.15, 0.2) is 0 Å². The Morgan fingerprint density at radius 3 is 2.31 bits per heavy atom. The van der Waals surface area contributed by atoms with Gasteiger partial charge in [0.25, 0.3) is 0 Å². The topological polar surface area (TPSA) is 58.4 Å². The molecule has 1 aromatic carbocycles. The monoisotopic (exact) mass is 415 g/mol. The van der Waals surface area contributed by atoms with Crippen LogP contribution in [0.1, 0.15) is 29.8 Å². The van der Waals surface area contributed by atoms with E-state index in [1.165, 1.54) is 5.69 Å². The number of nitrogens with zero attached hydrogens (tertiary/aromatic N) is 3. The molecule has 1 saturated heterocycles. The number of carboxylic acids is 1. The Hall–Kier alpha value is -2.42. The third-order valence-corrected chi connectivity index (χ3v) is 4.97. The van der Waals surface area contributed by atoms with Crippen LogP contribution >= 0.6 is 0 Å². The van der Waals surface area contributed by atoms with E-state index in [1.807, 2.05) is 23.9 Å². The zero-order chi connectivity index (χ0) is 21.6. The van der Waals surface area contributed by atoms with E-state index in [9.17, 15) is 17.6 Å². The fourth-order valence-electron chi connectivity index (χ4n) is 3.26. The van der Waals surface area contributed by atoms with Crippen LogP contribution in [0, 0.1) is 18.7 Å². The Labute approximate surface area is 166 Å². The number of aliphatic carboxylic acids is 1. The number of hydrogen-bond acceptors (Lipinski definition) is 3. The Morgan fingerprint density at radius 1 is 1.24 bits per heavy atom. The molecule has 5 nitrogen and oxygen atoms in total. The number of aromatic nitrogens is 2. The van der Waals surface area contributed by atoms with E-state index in [0.717, 1.165) is 50.2 Å². The SMILES string of the molecule is Cc1cc(CN2CCC(Cc3ccccc3F)CC2)nn1C.O=C(O)C(F)(F)F. The van der Waals surface area contributed by atoms with Crippen molar-refractivity contribution >= 4 is 5.97 Å². The lowest BCUT2D eigenvalue weighted by Gasteiger charge is -2.31. The number of rotatable bonds is 4. The second-order valence-corrected chi connectivity index (χ2v) is 7.22. The smallest absolute Gasteiger partial charge is 0.475 e. The summed E-state index contributed by atoms with van der Waals surface area (Å²) in [4.78, 5) is 11.4. The van der Waals surface area contributed by atoms with Gasteiger partial charge >= 0.3 is 12.1 Å². The van der Waals surface area contributed by atoms with Crippen LogP contribution in [0.25, 0.3) is 0 Å². The standard InChI is InChI=1S/C18H24FN3.C2HF3O2/c1-14-11-17(20-21(14)2)13-22-9-7-15(8-10-22)12-16-5-3-4-6-18(16)19;3-2(4,5)1(6)7/h3-6,11,15H,7-10,12-13H2,1-2H3;(H,6,7). The van der Waals surface area contributed by atoms with Crippen molar-refractivity contribution in [2.75, 3.05) is 13.1 Å². The lowest BCUT2D eigenvalue weighted by Crippen LogP contribution is -2.34. The summed E-state index contributed by atoms with van der Waals surface area (Å²) < 4.78 is 47.4. The molecule has 2 heterocycles. The van der Waals surface area contributed by atoms with Crippen molar-refractivity contribution in [2.24, 2.45) is 13.0 Å². The van der Waals surface area contributed by atoms with Gasteiger partial charge in [0, 0.05) is 19.3 Å². The van der Waals surface area contributed by atoms with Crippen molar-refractivity contribution in [3.63, 3.8) is 0 Å². The van der Waals surface area contributed by atoms with E-state index in [1.54, 1.807) is 12.1 Å². The van der Waals surface area contributed by atoms with E-state index in [2.05, 4.69) is 23.0 Å². The highest BCUT2D eigenvalue weighted by Gasteiger charge is 2.38. The molecule has 160 valence electrons. The van der Waals surface area contributed by atoms with Gasteiger partial charge in [-0.05, 0) is 62.9 Å². The normalized spacial score (nSPS) is 15.7. The van der Waals surface area contributed by atoms with E-state index in [4.69, 9.17) is 9.90 Å². The third-order valence-electron chi connectivity index (χ3n) is 4.97. The van der Waals surface area contributed by atoms with Gasteiger partial charge in [-0.2, -0.15) is 18.3 Å². The van der Waals surface area contributed by atoms with Gasteiger partial charge in [-0.3, -0.25) is 9.58 Å². The summed E-state index contributed by atoms with van der Waals surface area (Å²) in [7, 11) is 1.99. The molecule has 9 heteroatoms. The van der Waals surface area contributed by atoms with Crippen LogP contribution in [0.15, 0.2) is 30.3 Å². The minimum atomic E-state index is -5.08. The number of alkyl halides is 3. The third kappa shape index (κ3) is 7.16. The molecule has 3 rings (SSSR count). The van der Waals surface area contributed by atoms with Gasteiger partial charge in [-0.25, -0.2) is 9.18 Å². The number of carboxylic acid groups (broad SMARTS) is 1. The first-order valence-corrected chi connectivity index (χ1v) is 9.31. The second-order valence-electron chi connectivity index (χ2n) is 7.22. The maximum atomic E-state index is 13.7. The maximum Gasteiger partial charge on any atom is 0.490 e. The van der Waals surface area contributed by atoms with Gasteiger partial charge in [-0.15, -0.1) is 0 Å². The van der Waals surface area contributed by atoms with Crippen LogP contribution in [0.4, 0.5) is 17.6 Å². The average molecular weight is 415 g/mol. The Bertz CT molecular complexity index is 793. The highest BCUT2D eigenvalue weighted by atomic mass is 19.4. The first-order valence-electron chi connectivity index (χ1n) is 9.31. The number of likely N-dealkylation sites (tertiary alicyclic amines) is 1. The van der Waals surface area contributed by atoms with Crippen LogP contribution in [0.3, 0.4) is 0 Å². The molecule has 1 aliphatic heterocycles. The highest BCUT2D eigenvalue weighted by molar-refractivity contribution is 5.73. The zero-order valence-electron chi connectivity index (χ0n) is 16.4. The Kier molecular flexibility index (Phi) is 7.78. The van der Waals surface area contributed by atoms with E-state index < -0.39 is 12.1 Å². The van der Waals surface area contributed by atoms with Crippen LogP contribution in [-0.4, -0.2) is 45.0 Å². The molecule has 29 heavy (non-hydrogen) atoms. The van der Waals surface area contributed by atoms with Gasteiger partial charge < -0.3 is 5.11 Å². The molecule has 1 N–H and O–H groups in total.